The number of anilines is 1. The molecule has 0 radical (unpaired) electrons. The molecule has 1 aromatic carbocycles. The maximum absolute atomic E-state index is 12.6. The highest BCUT2D eigenvalue weighted by atomic mass is 19.3. The first-order chi connectivity index (χ1) is 11.5. The Kier molecular flexibility index (Phi) is 5.89. The van der Waals surface area contributed by atoms with E-state index < -0.39 is 24.4 Å². The number of hydrogen-bond donors (Lipinski definition) is 3. The lowest BCUT2D eigenvalue weighted by molar-refractivity contribution is -0.122. The van der Waals surface area contributed by atoms with Crippen LogP contribution in [0, 0.1) is 0 Å². The van der Waals surface area contributed by atoms with Gasteiger partial charge in [0.2, 0.25) is 5.91 Å². The summed E-state index contributed by atoms with van der Waals surface area (Å²) in [6.45, 7) is 1.71. The zero-order valence-electron chi connectivity index (χ0n) is 12.9. The first-order valence-corrected chi connectivity index (χ1v) is 7.21. The first kappa shape index (κ1) is 17.5. The van der Waals surface area contributed by atoms with E-state index in [0.29, 0.717) is 5.76 Å². The van der Waals surface area contributed by atoms with Crippen molar-refractivity contribution < 1.29 is 22.8 Å². The molecule has 2 aromatic rings. The Morgan fingerprint density at radius 2 is 2.00 bits per heavy atom. The molecule has 0 spiro atoms. The van der Waals surface area contributed by atoms with Gasteiger partial charge in [0, 0.05) is 11.3 Å². The van der Waals surface area contributed by atoms with Crippen LogP contribution >= 0.6 is 0 Å². The van der Waals surface area contributed by atoms with Crippen molar-refractivity contribution in [2.45, 2.75) is 25.9 Å². The molecule has 0 saturated heterocycles. The zero-order chi connectivity index (χ0) is 17.5. The number of hydrogen-bond acceptors (Lipinski definition) is 3. The van der Waals surface area contributed by atoms with Crippen molar-refractivity contribution in [2.24, 2.45) is 0 Å². The molecule has 1 heterocycles. The number of carbonyl (C=O) groups excluding carboxylic acids is 2. The van der Waals surface area contributed by atoms with Crippen molar-refractivity contribution in [1.82, 2.24) is 10.6 Å². The van der Waals surface area contributed by atoms with E-state index in [4.69, 9.17) is 4.42 Å². The number of amides is 3. The smallest absolute Gasteiger partial charge is 0.319 e. The molecule has 3 N–H and O–H groups in total. The van der Waals surface area contributed by atoms with Gasteiger partial charge in [0.15, 0.2) is 0 Å². The fourth-order valence-electron chi connectivity index (χ4n) is 1.92. The van der Waals surface area contributed by atoms with Crippen LogP contribution in [0.3, 0.4) is 0 Å². The fourth-order valence-corrected chi connectivity index (χ4v) is 1.92. The molecule has 0 bridgehead atoms. The fraction of sp³-hybridized carbons (Fsp3) is 0.250. The largest absolute Gasteiger partial charge is 0.467 e. The third-order valence-electron chi connectivity index (χ3n) is 3.15. The van der Waals surface area contributed by atoms with Crippen LogP contribution in [-0.4, -0.2) is 18.0 Å². The minimum atomic E-state index is -2.62. The molecule has 8 heteroatoms. The van der Waals surface area contributed by atoms with Crippen molar-refractivity contribution in [1.29, 1.82) is 0 Å². The average Bonchev–Trinajstić information content (AvgIpc) is 3.06. The van der Waals surface area contributed by atoms with Gasteiger partial charge in [-0.2, -0.15) is 0 Å². The van der Waals surface area contributed by atoms with Crippen molar-refractivity contribution in [3.63, 3.8) is 0 Å². The Morgan fingerprint density at radius 1 is 1.21 bits per heavy atom. The number of nitrogens with one attached hydrogen (secondary N) is 3. The van der Waals surface area contributed by atoms with Gasteiger partial charge in [-0.3, -0.25) is 4.79 Å². The summed E-state index contributed by atoms with van der Waals surface area (Å²) in [5.41, 5.74) is 0.0190. The highest BCUT2D eigenvalue weighted by Gasteiger charge is 2.16. The van der Waals surface area contributed by atoms with Crippen molar-refractivity contribution in [3.8, 4) is 0 Å². The van der Waals surface area contributed by atoms with E-state index in [1.165, 1.54) is 37.5 Å². The quantitative estimate of drug-likeness (QED) is 0.757. The molecule has 128 valence electrons. The lowest BCUT2D eigenvalue weighted by Crippen LogP contribution is -2.46. The second kappa shape index (κ2) is 8.09. The van der Waals surface area contributed by atoms with Crippen LogP contribution in [-0.2, 0) is 11.3 Å². The summed E-state index contributed by atoms with van der Waals surface area (Å²) in [5, 5.41) is 7.44. The van der Waals surface area contributed by atoms with Gasteiger partial charge in [0.25, 0.3) is 6.43 Å². The molecule has 6 nitrogen and oxygen atoms in total. The number of urea groups is 1. The summed E-state index contributed by atoms with van der Waals surface area (Å²) in [6.07, 6.45) is -1.13. The number of furan rings is 1. The van der Waals surface area contributed by atoms with Crippen LogP contribution in [0.15, 0.2) is 47.1 Å². The predicted octanol–water partition coefficient (Wildman–Crippen LogP) is 3.04. The van der Waals surface area contributed by atoms with E-state index in [1.807, 2.05) is 0 Å². The lowest BCUT2D eigenvalue weighted by Gasteiger charge is -2.14. The lowest BCUT2D eigenvalue weighted by atomic mass is 10.2. The molecule has 1 unspecified atom stereocenters. The van der Waals surface area contributed by atoms with Gasteiger partial charge in [-0.25, -0.2) is 13.6 Å². The predicted molar refractivity (Wildman–Crippen MR) is 83.6 cm³/mol. The standard InChI is InChI=1S/C16H17F2N3O3/c1-10(15(22)19-9-13-6-3-7-24-13)20-16(23)21-12-5-2-4-11(8-12)14(17)18/h2-8,10,14H,9H2,1H3,(H,19,22)(H2,20,21,23). The van der Waals surface area contributed by atoms with E-state index in [-0.39, 0.29) is 17.8 Å². The second-order valence-corrected chi connectivity index (χ2v) is 5.04. The molecule has 2 rings (SSSR count). The zero-order valence-corrected chi connectivity index (χ0v) is 12.9. The molecular formula is C16H17F2N3O3. The van der Waals surface area contributed by atoms with Crippen LogP contribution in [0.1, 0.15) is 24.7 Å². The molecule has 0 fully saturated rings. The van der Waals surface area contributed by atoms with Gasteiger partial charge < -0.3 is 20.4 Å². The van der Waals surface area contributed by atoms with Gasteiger partial charge in [0.05, 0.1) is 12.8 Å². The number of halogens is 2. The van der Waals surface area contributed by atoms with Gasteiger partial charge in [0.1, 0.15) is 11.8 Å². The average molecular weight is 337 g/mol. The van der Waals surface area contributed by atoms with Gasteiger partial charge in [-0.1, -0.05) is 12.1 Å². The third-order valence-corrected chi connectivity index (χ3v) is 3.15. The van der Waals surface area contributed by atoms with Crippen LogP contribution in [0.2, 0.25) is 0 Å². The van der Waals surface area contributed by atoms with Crippen LogP contribution in [0.5, 0.6) is 0 Å². The van der Waals surface area contributed by atoms with Crippen molar-refractivity contribution in [2.75, 3.05) is 5.32 Å². The van der Waals surface area contributed by atoms with E-state index >= 15 is 0 Å². The number of benzene rings is 1. The molecule has 0 aliphatic rings. The van der Waals surface area contributed by atoms with Gasteiger partial charge >= 0.3 is 6.03 Å². The van der Waals surface area contributed by atoms with Gasteiger partial charge in [-0.05, 0) is 31.2 Å². The molecule has 3 amide bonds. The number of rotatable bonds is 6. The van der Waals surface area contributed by atoms with Crippen molar-refractivity contribution in [3.05, 3.63) is 54.0 Å². The van der Waals surface area contributed by atoms with E-state index in [9.17, 15) is 18.4 Å². The molecule has 0 saturated carbocycles. The summed E-state index contributed by atoms with van der Waals surface area (Å²) in [4.78, 5) is 23.7. The maximum Gasteiger partial charge on any atom is 0.319 e. The SMILES string of the molecule is CC(NC(=O)Nc1cccc(C(F)F)c1)C(=O)NCc1ccco1. The molecule has 1 atom stereocenters. The molecular weight excluding hydrogens is 320 g/mol. The Balaban J connectivity index is 1.82. The molecule has 0 aliphatic heterocycles. The molecule has 0 aliphatic carbocycles. The van der Waals surface area contributed by atoms with Crippen molar-refractivity contribution >= 4 is 17.6 Å². The summed E-state index contributed by atoms with van der Waals surface area (Å²) in [5.74, 6) is 0.187. The molecule has 1 aromatic heterocycles. The first-order valence-electron chi connectivity index (χ1n) is 7.21. The Morgan fingerprint density at radius 3 is 2.67 bits per heavy atom. The Hall–Kier alpha value is -2.90. The second-order valence-electron chi connectivity index (χ2n) is 5.04. The normalized spacial score (nSPS) is 11.8. The highest BCUT2D eigenvalue weighted by Crippen LogP contribution is 2.21. The highest BCUT2D eigenvalue weighted by molar-refractivity contribution is 5.93. The van der Waals surface area contributed by atoms with E-state index in [0.717, 1.165) is 0 Å². The van der Waals surface area contributed by atoms with Crippen LogP contribution in [0.4, 0.5) is 19.3 Å². The van der Waals surface area contributed by atoms with Gasteiger partial charge in [-0.15, -0.1) is 0 Å². The van der Waals surface area contributed by atoms with Crippen LogP contribution < -0.4 is 16.0 Å². The third kappa shape index (κ3) is 5.08. The summed E-state index contributed by atoms with van der Waals surface area (Å²) >= 11 is 0. The monoisotopic (exact) mass is 337 g/mol. The van der Waals surface area contributed by atoms with E-state index in [2.05, 4.69) is 16.0 Å². The number of carbonyl (C=O) groups is 2. The summed E-state index contributed by atoms with van der Waals surface area (Å²) < 4.78 is 30.3. The molecule has 24 heavy (non-hydrogen) atoms. The summed E-state index contributed by atoms with van der Waals surface area (Å²) in [7, 11) is 0. The minimum absolute atomic E-state index is 0.197. The minimum Gasteiger partial charge on any atom is -0.467 e. The summed E-state index contributed by atoms with van der Waals surface area (Å²) in [6, 6.07) is 7.26. The topological polar surface area (TPSA) is 83.4 Å². The number of alkyl halides is 2. The Bertz CT molecular complexity index is 690. The Labute approximate surface area is 137 Å². The van der Waals surface area contributed by atoms with Crippen LogP contribution in [0.25, 0.3) is 0 Å². The van der Waals surface area contributed by atoms with E-state index in [1.54, 1.807) is 12.1 Å². The maximum atomic E-state index is 12.6.